The molecule has 2 heterocycles. The minimum atomic E-state index is -0.221. The minimum Gasteiger partial charge on any atom is -0.330 e. The second kappa shape index (κ2) is 10.6. The number of halogens is 1. The Morgan fingerprint density at radius 3 is 2.18 bits per heavy atom. The van der Waals surface area contributed by atoms with E-state index in [9.17, 15) is 4.79 Å². The molecule has 186 valence electrons. The first-order valence-corrected chi connectivity index (χ1v) is 13.2. The van der Waals surface area contributed by atoms with Crippen LogP contribution in [0.4, 0.5) is 11.4 Å². The number of nitrogens with zero attached hydrogens (tertiary/aromatic N) is 4. The maximum absolute atomic E-state index is 13.0. The van der Waals surface area contributed by atoms with Crippen LogP contribution in [0.1, 0.15) is 5.56 Å². The van der Waals surface area contributed by atoms with E-state index in [1.54, 1.807) is 22.7 Å². The Bertz CT molecular complexity index is 1590. The lowest BCUT2D eigenvalue weighted by Crippen LogP contribution is -2.33. The summed E-state index contributed by atoms with van der Waals surface area (Å²) in [6.45, 7) is 0.138. The lowest BCUT2D eigenvalue weighted by atomic mass is 10.1. The Morgan fingerprint density at radius 1 is 0.868 bits per heavy atom. The number of fused-ring (bicyclic) bond motifs is 2. The largest absolute Gasteiger partial charge is 0.330 e. The molecular formula is C30H22ClN5OS. The summed E-state index contributed by atoms with van der Waals surface area (Å²) in [5.41, 5.74) is 8.03. The molecule has 0 atom stereocenters. The van der Waals surface area contributed by atoms with Crippen molar-refractivity contribution < 1.29 is 4.79 Å². The normalized spacial score (nSPS) is 12.3. The van der Waals surface area contributed by atoms with Crippen LogP contribution < -0.4 is 10.3 Å². The lowest BCUT2D eigenvalue weighted by molar-refractivity contribution is -0.119. The van der Waals surface area contributed by atoms with Crippen molar-refractivity contribution in [3.8, 4) is 16.9 Å². The summed E-state index contributed by atoms with van der Waals surface area (Å²) in [6.07, 6.45) is 3.52. The van der Waals surface area contributed by atoms with Crippen molar-refractivity contribution in [1.82, 2.24) is 15.2 Å². The van der Waals surface area contributed by atoms with E-state index in [4.69, 9.17) is 16.7 Å². The standard InChI is InChI=1S/C30H22ClN5OS/c31-23-16-14-21(15-17-23)30-22(19-36(34-30)24-8-2-1-3-9-24)18-32-33-29(37)20-35-25-10-4-6-12-27(25)38-28-13-7-5-11-26(28)35/h1-19H,20H2,(H,33,37). The van der Waals surface area contributed by atoms with E-state index < -0.39 is 0 Å². The van der Waals surface area contributed by atoms with Gasteiger partial charge in [-0.3, -0.25) is 4.79 Å². The predicted molar refractivity (Wildman–Crippen MR) is 154 cm³/mol. The molecule has 1 amide bonds. The highest BCUT2D eigenvalue weighted by molar-refractivity contribution is 7.99. The Balaban J connectivity index is 1.24. The van der Waals surface area contributed by atoms with Crippen LogP contribution >= 0.6 is 23.4 Å². The molecule has 38 heavy (non-hydrogen) atoms. The van der Waals surface area contributed by atoms with Crippen molar-refractivity contribution in [3.05, 3.63) is 120 Å². The van der Waals surface area contributed by atoms with Gasteiger partial charge in [0, 0.05) is 32.1 Å². The van der Waals surface area contributed by atoms with Gasteiger partial charge in [-0.15, -0.1) is 0 Å². The van der Waals surface area contributed by atoms with Gasteiger partial charge < -0.3 is 4.90 Å². The number of carbonyl (C=O) groups excluding carboxylic acids is 1. The Hall–Kier alpha value is -4.33. The fourth-order valence-corrected chi connectivity index (χ4v) is 5.55. The molecule has 1 aliphatic rings. The fourth-order valence-electron chi connectivity index (χ4n) is 4.33. The molecule has 8 heteroatoms. The van der Waals surface area contributed by atoms with Gasteiger partial charge in [-0.2, -0.15) is 10.2 Å². The van der Waals surface area contributed by atoms with Gasteiger partial charge in [-0.05, 0) is 48.5 Å². The number of nitrogens with one attached hydrogen (secondary N) is 1. The fraction of sp³-hybridized carbons (Fsp3) is 0.0333. The topological polar surface area (TPSA) is 62.5 Å². The molecule has 1 aliphatic heterocycles. The number of rotatable bonds is 6. The molecule has 0 fully saturated rings. The van der Waals surface area contributed by atoms with Crippen LogP contribution in [-0.4, -0.2) is 28.4 Å². The number of anilines is 2. The highest BCUT2D eigenvalue weighted by Gasteiger charge is 2.24. The van der Waals surface area contributed by atoms with E-state index in [2.05, 4.69) is 22.7 Å². The Labute approximate surface area is 229 Å². The van der Waals surface area contributed by atoms with E-state index in [1.165, 1.54) is 0 Å². The smallest absolute Gasteiger partial charge is 0.260 e. The maximum Gasteiger partial charge on any atom is 0.260 e. The van der Waals surface area contributed by atoms with Crippen LogP contribution in [0.5, 0.6) is 0 Å². The number of hydrogen-bond acceptors (Lipinski definition) is 5. The van der Waals surface area contributed by atoms with Crippen molar-refractivity contribution in [2.45, 2.75) is 9.79 Å². The van der Waals surface area contributed by atoms with Gasteiger partial charge in [-0.1, -0.05) is 78.0 Å². The third-order valence-electron chi connectivity index (χ3n) is 6.11. The van der Waals surface area contributed by atoms with E-state index in [0.717, 1.165) is 43.7 Å². The molecule has 0 saturated carbocycles. The molecule has 0 spiro atoms. The maximum atomic E-state index is 13.0. The molecular weight excluding hydrogens is 514 g/mol. The first-order valence-electron chi connectivity index (χ1n) is 12.0. The van der Waals surface area contributed by atoms with Crippen LogP contribution in [0.3, 0.4) is 0 Å². The third-order valence-corrected chi connectivity index (χ3v) is 7.49. The lowest BCUT2D eigenvalue weighted by Gasteiger charge is -2.31. The molecule has 1 N–H and O–H groups in total. The zero-order chi connectivity index (χ0) is 25.9. The van der Waals surface area contributed by atoms with Crippen molar-refractivity contribution in [2.75, 3.05) is 11.4 Å². The summed E-state index contributed by atoms with van der Waals surface area (Å²) in [5.74, 6) is -0.221. The van der Waals surface area contributed by atoms with Crippen molar-refractivity contribution in [3.63, 3.8) is 0 Å². The van der Waals surface area contributed by atoms with Crippen LogP contribution in [0.15, 0.2) is 124 Å². The van der Waals surface area contributed by atoms with E-state index in [-0.39, 0.29) is 12.5 Å². The van der Waals surface area contributed by atoms with Crippen LogP contribution in [-0.2, 0) is 4.79 Å². The van der Waals surface area contributed by atoms with Crippen molar-refractivity contribution in [2.24, 2.45) is 5.10 Å². The number of aromatic nitrogens is 2. The average Bonchev–Trinajstić information content (AvgIpc) is 3.38. The van der Waals surface area contributed by atoms with Gasteiger partial charge in [-0.25, -0.2) is 10.1 Å². The monoisotopic (exact) mass is 535 g/mol. The summed E-state index contributed by atoms with van der Waals surface area (Å²) >= 11 is 7.81. The summed E-state index contributed by atoms with van der Waals surface area (Å²) in [5, 5.41) is 9.73. The molecule has 0 radical (unpaired) electrons. The van der Waals surface area contributed by atoms with Gasteiger partial charge >= 0.3 is 0 Å². The van der Waals surface area contributed by atoms with Crippen molar-refractivity contribution >= 4 is 46.9 Å². The molecule has 0 unspecified atom stereocenters. The Kier molecular flexibility index (Phi) is 6.69. The number of para-hydroxylation sites is 3. The molecule has 0 saturated heterocycles. The van der Waals surface area contributed by atoms with E-state index >= 15 is 0 Å². The van der Waals surface area contributed by atoms with Gasteiger partial charge in [0.2, 0.25) is 0 Å². The first kappa shape index (κ1) is 24.0. The predicted octanol–water partition coefficient (Wildman–Crippen LogP) is 6.95. The summed E-state index contributed by atoms with van der Waals surface area (Å²) in [6, 6.07) is 33.5. The molecule has 0 aliphatic carbocycles. The first-order chi connectivity index (χ1) is 18.7. The van der Waals surface area contributed by atoms with Gasteiger partial charge in [0.25, 0.3) is 5.91 Å². The van der Waals surface area contributed by atoms with Crippen LogP contribution in [0.25, 0.3) is 16.9 Å². The average molecular weight is 536 g/mol. The number of benzene rings is 4. The number of carbonyl (C=O) groups is 1. The van der Waals surface area contributed by atoms with Gasteiger partial charge in [0.15, 0.2) is 0 Å². The molecule has 5 aromatic rings. The number of amides is 1. The highest BCUT2D eigenvalue weighted by atomic mass is 35.5. The second-order valence-electron chi connectivity index (χ2n) is 8.64. The van der Waals surface area contributed by atoms with E-state index in [1.807, 2.05) is 102 Å². The third kappa shape index (κ3) is 4.94. The number of hydrogen-bond donors (Lipinski definition) is 1. The van der Waals surface area contributed by atoms with E-state index in [0.29, 0.717) is 5.02 Å². The summed E-state index contributed by atoms with van der Waals surface area (Å²) in [7, 11) is 0. The summed E-state index contributed by atoms with van der Waals surface area (Å²) < 4.78 is 1.80. The van der Waals surface area contributed by atoms with Crippen LogP contribution in [0, 0.1) is 0 Å². The molecule has 4 aromatic carbocycles. The molecule has 0 bridgehead atoms. The SMILES string of the molecule is O=C(CN1c2ccccc2Sc2ccccc21)NN=Cc1cn(-c2ccccc2)nc1-c1ccc(Cl)cc1. The molecule has 1 aromatic heterocycles. The number of hydrazone groups is 1. The zero-order valence-electron chi connectivity index (χ0n) is 20.2. The molecule has 6 rings (SSSR count). The van der Waals surface area contributed by atoms with Gasteiger partial charge in [0.1, 0.15) is 12.2 Å². The zero-order valence-corrected chi connectivity index (χ0v) is 21.7. The molecule has 6 nitrogen and oxygen atoms in total. The van der Waals surface area contributed by atoms with Crippen LogP contribution in [0.2, 0.25) is 5.02 Å². The Morgan fingerprint density at radius 2 is 1.50 bits per heavy atom. The minimum absolute atomic E-state index is 0.138. The van der Waals surface area contributed by atoms with Crippen molar-refractivity contribution in [1.29, 1.82) is 0 Å². The highest BCUT2D eigenvalue weighted by Crippen LogP contribution is 2.47. The second-order valence-corrected chi connectivity index (χ2v) is 10.2. The van der Waals surface area contributed by atoms with Gasteiger partial charge in [0.05, 0.1) is 23.3 Å². The quantitative estimate of drug-likeness (QED) is 0.189. The summed E-state index contributed by atoms with van der Waals surface area (Å²) in [4.78, 5) is 17.3.